The van der Waals surface area contributed by atoms with Gasteiger partial charge < -0.3 is 14.4 Å². The number of aryl methyl sites for hydroxylation is 2. The largest absolute Gasteiger partial charge is 0.497 e. The van der Waals surface area contributed by atoms with Gasteiger partial charge in [0.1, 0.15) is 11.4 Å². The number of carbonyl (C=O) groups is 1. The normalized spacial score (nSPS) is 14.1. The van der Waals surface area contributed by atoms with E-state index in [9.17, 15) is 4.79 Å². The molecule has 2 aromatic carbocycles. The van der Waals surface area contributed by atoms with Gasteiger partial charge >= 0.3 is 0 Å². The number of carbonyl (C=O) groups excluding carboxylic acids is 1. The summed E-state index contributed by atoms with van der Waals surface area (Å²) in [5.74, 6) is 0.723. The van der Waals surface area contributed by atoms with Crippen LogP contribution in [-0.2, 0) is 4.74 Å². The summed E-state index contributed by atoms with van der Waals surface area (Å²) in [4.78, 5) is 15.2. The number of aromatic nitrogens is 2. The summed E-state index contributed by atoms with van der Waals surface area (Å²) >= 11 is 0. The molecule has 6 heteroatoms. The molecule has 0 aliphatic carbocycles. The van der Waals surface area contributed by atoms with Gasteiger partial charge in [-0.2, -0.15) is 5.10 Å². The van der Waals surface area contributed by atoms with Crippen LogP contribution in [0, 0.1) is 13.8 Å². The maximum Gasteiger partial charge on any atom is 0.272 e. The highest BCUT2D eigenvalue weighted by Crippen LogP contribution is 2.27. The number of hydrogen-bond acceptors (Lipinski definition) is 4. The van der Waals surface area contributed by atoms with E-state index in [0.29, 0.717) is 32.0 Å². The van der Waals surface area contributed by atoms with Gasteiger partial charge in [-0.25, -0.2) is 4.68 Å². The molecular formula is C23H25N3O3. The standard InChI is InChI=1S/C23H25N3O3/c1-16-7-8-17(2)21(13-16)26-22(23(27)25-9-11-29-12-10-25)15-20(24-26)18-5-4-6-19(14-18)28-3/h4-8,13-15H,9-12H2,1-3H3. The van der Waals surface area contributed by atoms with Crippen molar-refractivity contribution < 1.29 is 14.3 Å². The minimum Gasteiger partial charge on any atom is -0.497 e. The lowest BCUT2D eigenvalue weighted by atomic mass is 10.1. The minimum absolute atomic E-state index is 0.0316. The molecule has 6 nitrogen and oxygen atoms in total. The van der Waals surface area contributed by atoms with Gasteiger partial charge in [0.25, 0.3) is 5.91 Å². The van der Waals surface area contributed by atoms with Crippen LogP contribution in [0.2, 0.25) is 0 Å². The van der Waals surface area contributed by atoms with Crippen LogP contribution in [0.4, 0.5) is 0 Å². The molecule has 0 radical (unpaired) electrons. The Morgan fingerprint density at radius 3 is 2.62 bits per heavy atom. The molecule has 0 atom stereocenters. The third-order valence-corrected chi connectivity index (χ3v) is 5.19. The van der Waals surface area contributed by atoms with E-state index in [4.69, 9.17) is 14.6 Å². The van der Waals surface area contributed by atoms with Crippen LogP contribution in [0.25, 0.3) is 16.9 Å². The van der Waals surface area contributed by atoms with Crippen molar-refractivity contribution in [1.82, 2.24) is 14.7 Å². The van der Waals surface area contributed by atoms with Crippen molar-refractivity contribution in [2.24, 2.45) is 0 Å². The first kappa shape index (κ1) is 19.2. The van der Waals surface area contributed by atoms with E-state index in [1.54, 1.807) is 11.8 Å². The van der Waals surface area contributed by atoms with Crippen LogP contribution < -0.4 is 4.74 Å². The minimum atomic E-state index is -0.0316. The zero-order valence-corrected chi connectivity index (χ0v) is 17.0. The molecule has 0 N–H and O–H groups in total. The van der Waals surface area contributed by atoms with Gasteiger partial charge in [0.15, 0.2) is 0 Å². The van der Waals surface area contributed by atoms with Crippen LogP contribution in [0.5, 0.6) is 5.75 Å². The molecule has 150 valence electrons. The molecule has 1 aliphatic heterocycles. The average Bonchev–Trinajstić information content (AvgIpc) is 3.21. The van der Waals surface area contributed by atoms with E-state index in [1.165, 1.54) is 0 Å². The fourth-order valence-electron chi connectivity index (χ4n) is 3.52. The van der Waals surface area contributed by atoms with Crippen LogP contribution in [0.1, 0.15) is 21.6 Å². The van der Waals surface area contributed by atoms with E-state index < -0.39 is 0 Å². The van der Waals surface area contributed by atoms with Gasteiger partial charge in [0, 0.05) is 18.7 Å². The predicted molar refractivity (Wildman–Crippen MR) is 112 cm³/mol. The van der Waals surface area contributed by atoms with Crippen molar-refractivity contribution in [3.8, 4) is 22.7 Å². The molecule has 0 bridgehead atoms. The molecule has 1 fully saturated rings. The monoisotopic (exact) mass is 391 g/mol. The summed E-state index contributed by atoms with van der Waals surface area (Å²) in [6.45, 7) is 6.37. The van der Waals surface area contributed by atoms with Crippen molar-refractivity contribution in [3.63, 3.8) is 0 Å². The molecule has 4 rings (SSSR count). The number of amides is 1. The van der Waals surface area contributed by atoms with E-state index in [1.807, 2.05) is 49.1 Å². The lowest BCUT2D eigenvalue weighted by molar-refractivity contribution is 0.0297. The average molecular weight is 391 g/mol. The second kappa shape index (κ2) is 8.09. The number of hydrogen-bond donors (Lipinski definition) is 0. The maximum atomic E-state index is 13.3. The van der Waals surface area contributed by atoms with Crippen molar-refractivity contribution in [3.05, 3.63) is 65.4 Å². The third kappa shape index (κ3) is 3.89. The van der Waals surface area contributed by atoms with Crippen LogP contribution in [0.15, 0.2) is 48.5 Å². The lowest BCUT2D eigenvalue weighted by Crippen LogP contribution is -2.41. The maximum absolute atomic E-state index is 13.3. The van der Waals surface area contributed by atoms with Crippen molar-refractivity contribution in [1.29, 1.82) is 0 Å². The summed E-state index contributed by atoms with van der Waals surface area (Å²) in [6, 6.07) is 15.8. The third-order valence-electron chi connectivity index (χ3n) is 5.19. The van der Waals surface area contributed by atoms with Crippen LogP contribution in [0.3, 0.4) is 0 Å². The SMILES string of the molecule is COc1cccc(-c2cc(C(=O)N3CCOCC3)n(-c3cc(C)ccc3C)n2)c1. The van der Waals surface area contributed by atoms with Gasteiger partial charge in [-0.1, -0.05) is 24.3 Å². The summed E-state index contributed by atoms with van der Waals surface area (Å²) in [7, 11) is 1.64. The molecule has 3 aromatic rings. The van der Waals surface area contributed by atoms with Crippen molar-refractivity contribution in [2.75, 3.05) is 33.4 Å². The molecule has 1 aromatic heterocycles. The molecule has 0 saturated carbocycles. The number of methoxy groups -OCH3 is 1. The molecule has 2 heterocycles. The van der Waals surface area contributed by atoms with Gasteiger partial charge in [0.2, 0.25) is 0 Å². The number of benzene rings is 2. The molecule has 1 amide bonds. The van der Waals surface area contributed by atoms with Gasteiger partial charge in [-0.05, 0) is 49.2 Å². The molecule has 1 saturated heterocycles. The van der Waals surface area contributed by atoms with E-state index in [-0.39, 0.29) is 5.91 Å². The first-order chi connectivity index (χ1) is 14.1. The predicted octanol–water partition coefficient (Wildman–Crippen LogP) is 3.64. The van der Waals surface area contributed by atoms with Gasteiger partial charge in [-0.3, -0.25) is 4.79 Å². The van der Waals surface area contributed by atoms with Crippen LogP contribution in [-0.4, -0.2) is 54.0 Å². The van der Waals surface area contributed by atoms with Crippen LogP contribution >= 0.6 is 0 Å². The Morgan fingerprint density at radius 1 is 1.07 bits per heavy atom. The second-order valence-electron chi connectivity index (χ2n) is 7.25. The van der Waals surface area contributed by atoms with Gasteiger partial charge in [-0.15, -0.1) is 0 Å². The fraction of sp³-hybridized carbons (Fsp3) is 0.304. The summed E-state index contributed by atoms with van der Waals surface area (Å²) in [5.41, 5.74) is 5.29. The Morgan fingerprint density at radius 2 is 1.86 bits per heavy atom. The van der Waals surface area contributed by atoms with E-state index in [0.717, 1.165) is 33.8 Å². The number of morpholine rings is 1. The van der Waals surface area contributed by atoms with Crippen molar-refractivity contribution in [2.45, 2.75) is 13.8 Å². The molecule has 0 unspecified atom stereocenters. The Kier molecular flexibility index (Phi) is 5.36. The molecule has 1 aliphatic rings. The number of nitrogens with zero attached hydrogens (tertiary/aromatic N) is 3. The number of rotatable bonds is 4. The first-order valence-corrected chi connectivity index (χ1v) is 9.76. The Balaban J connectivity index is 1.84. The zero-order chi connectivity index (χ0) is 20.4. The summed E-state index contributed by atoms with van der Waals surface area (Å²) in [5, 5.41) is 4.83. The Hall–Kier alpha value is -3.12. The van der Waals surface area contributed by atoms with Gasteiger partial charge in [0.05, 0.1) is 31.7 Å². The smallest absolute Gasteiger partial charge is 0.272 e. The summed E-state index contributed by atoms with van der Waals surface area (Å²) < 4.78 is 12.5. The summed E-state index contributed by atoms with van der Waals surface area (Å²) in [6.07, 6.45) is 0. The molecule has 29 heavy (non-hydrogen) atoms. The second-order valence-corrected chi connectivity index (χ2v) is 7.25. The lowest BCUT2D eigenvalue weighted by Gasteiger charge is -2.27. The molecule has 0 spiro atoms. The Labute approximate surface area is 170 Å². The topological polar surface area (TPSA) is 56.6 Å². The zero-order valence-electron chi connectivity index (χ0n) is 17.0. The molecular weight excluding hydrogens is 366 g/mol. The highest BCUT2D eigenvalue weighted by molar-refractivity contribution is 5.94. The van der Waals surface area contributed by atoms with Crippen molar-refractivity contribution >= 4 is 5.91 Å². The Bertz CT molecular complexity index is 1040. The first-order valence-electron chi connectivity index (χ1n) is 9.76. The highest BCUT2D eigenvalue weighted by Gasteiger charge is 2.25. The quantitative estimate of drug-likeness (QED) is 0.681. The van der Waals surface area contributed by atoms with E-state index in [2.05, 4.69) is 18.2 Å². The fourth-order valence-corrected chi connectivity index (χ4v) is 3.52. The number of ether oxygens (including phenoxy) is 2. The van der Waals surface area contributed by atoms with E-state index >= 15 is 0 Å². The highest BCUT2D eigenvalue weighted by atomic mass is 16.5.